The molecule has 0 unspecified atom stereocenters. The third kappa shape index (κ3) is 4.50. The van der Waals surface area contributed by atoms with Gasteiger partial charge in [0.25, 0.3) is 0 Å². The lowest BCUT2D eigenvalue weighted by Gasteiger charge is -2.17. The van der Waals surface area contributed by atoms with Gasteiger partial charge >= 0.3 is 6.18 Å². The second-order valence-electron chi connectivity index (χ2n) is 6.86. The van der Waals surface area contributed by atoms with Crippen LogP contribution in [0.4, 0.5) is 19.0 Å². The second kappa shape index (κ2) is 8.34. The van der Waals surface area contributed by atoms with Gasteiger partial charge in [-0.1, -0.05) is 11.8 Å². The van der Waals surface area contributed by atoms with Gasteiger partial charge in [0.05, 0.1) is 30.7 Å². The predicted molar refractivity (Wildman–Crippen MR) is 116 cm³/mol. The van der Waals surface area contributed by atoms with Crippen molar-refractivity contribution in [2.45, 2.75) is 13.1 Å². The normalized spacial score (nSPS) is 13.7. The quantitative estimate of drug-likeness (QED) is 0.524. The molecule has 2 N–H and O–H groups in total. The standard InChI is InChI=1S/C20H15F3N6O4S/c1-3-33-15-9-5-7-12(25-15)18-27-17-19(26-14(10-24-17)28-34(2,31)32)29(18)16-11(20(21,22)23)6-4-8-13(16)30/h4,6,8-10,30H,3H2,1-2H3,(H,26,28). The van der Waals surface area contributed by atoms with Crippen LogP contribution in [-0.4, -0.2) is 51.8 Å². The first-order valence-electron chi connectivity index (χ1n) is 9.54. The zero-order valence-corrected chi connectivity index (χ0v) is 18.4. The van der Waals surface area contributed by atoms with Gasteiger partial charge in [0, 0.05) is 0 Å². The van der Waals surface area contributed by atoms with E-state index in [1.807, 2.05) is 0 Å². The number of para-hydroxylation sites is 1. The second-order valence-corrected chi connectivity index (χ2v) is 8.61. The van der Waals surface area contributed by atoms with Gasteiger partial charge in [-0.3, -0.25) is 9.29 Å². The minimum atomic E-state index is -4.87. The number of nitrogens with one attached hydrogen (secondary N) is 1. The van der Waals surface area contributed by atoms with E-state index in [0.717, 1.165) is 35.2 Å². The summed E-state index contributed by atoms with van der Waals surface area (Å²) in [5.41, 5.74) is 2.94. The number of phenols is 1. The zero-order chi connectivity index (χ0) is 24.7. The number of ether oxygens (including phenoxy) is 1. The van der Waals surface area contributed by atoms with E-state index in [1.54, 1.807) is 6.92 Å². The van der Waals surface area contributed by atoms with E-state index in [2.05, 4.69) is 36.1 Å². The Balaban J connectivity index is 2.09. The lowest BCUT2D eigenvalue weighted by atomic mass is 10.1. The Labute approximate surface area is 190 Å². The van der Waals surface area contributed by atoms with Crippen molar-refractivity contribution >= 4 is 38.7 Å². The Kier molecular flexibility index (Phi) is 5.65. The number of nitrogens with zero attached hydrogens (tertiary/aromatic N) is 5. The van der Waals surface area contributed by atoms with Crippen LogP contribution in [0, 0.1) is 0 Å². The van der Waals surface area contributed by atoms with E-state index in [-0.39, 0.29) is 41.1 Å². The molecule has 176 valence electrons. The first-order valence-corrected chi connectivity index (χ1v) is 11.4. The highest BCUT2D eigenvalue weighted by atomic mass is 32.2. The number of aliphatic imine (C=N–C) groups is 1. The molecule has 34 heavy (non-hydrogen) atoms. The zero-order valence-electron chi connectivity index (χ0n) is 17.5. The van der Waals surface area contributed by atoms with Crippen LogP contribution in [0.1, 0.15) is 18.3 Å². The fourth-order valence-electron chi connectivity index (χ4n) is 3.12. The number of aromatic hydroxyl groups is 1. The number of hydrogen-bond acceptors (Lipinski definition) is 8. The highest BCUT2D eigenvalue weighted by molar-refractivity contribution is 7.92. The van der Waals surface area contributed by atoms with Crippen molar-refractivity contribution in [3.05, 3.63) is 53.3 Å². The van der Waals surface area contributed by atoms with Crippen molar-refractivity contribution in [1.29, 1.82) is 0 Å². The Morgan fingerprint density at radius 2 is 2.03 bits per heavy atom. The van der Waals surface area contributed by atoms with Gasteiger partial charge in [-0.2, -0.15) is 13.2 Å². The molecule has 0 aliphatic carbocycles. The molecule has 0 saturated heterocycles. The molecule has 1 aliphatic rings. The molecule has 1 aromatic carbocycles. The van der Waals surface area contributed by atoms with Crippen molar-refractivity contribution in [2.24, 2.45) is 4.99 Å². The summed E-state index contributed by atoms with van der Waals surface area (Å²) in [4.78, 5) is 16.5. The molecular weight excluding hydrogens is 477 g/mol. The summed E-state index contributed by atoms with van der Waals surface area (Å²) in [5.74, 6) is -1.10. The molecule has 3 heterocycles. The summed E-state index contributed by atoms with van der Waals surface area (Å²) in [6.45, 7) is 1.98. The smallest absolute Gasteiger partial charge is 0.418 e. The van der Waals surface area contributed by atoms with Crippen molar-refractivity contribution in [1.82, 2.24) is 19.5 Å². The molecule has 0 atom stereocenters. The first kappa shape index (κ1) is 23.1. The molecule has 2 aromatic heterocycles. The van der Waals surface area contributed by atoms with Crippen LogP contribution >= 0.6 is 0 Å². The topological polar surface area (TPSA) is 132 Å². The van der Waals surface area contributed by atoms with Gasteiger partial charge in [-0.25, -0.2) is 28.4 Å². The highest BCUT2D eigenvalue weighted by Crippen LogP contribution is 2.40. The molecule has 14 heteroatoms. The number of alkyl halides is 3. The predicted octanol–water partition coefficient (Wildman–Crippen LogP) is 3.01. The van der Waals surface area contributed by atoms with Crippen molar-refractivity contribution in [3.8, 4) is 11.4 Å². The van der Waals surface area contributed by atoms with Crippen molar-refractivity contribution < 1.29 is 31.4 Å². The van der Waals surface area contributed by atoms with E-state index >= 15 is 0 Å². The Morgan fingerprint density at radius 1 is 1.26 bits per heavy atom. The van der Waals surface area contributed by atoms with Crippen molar-refractivity contribution in [2.75, 3.05) is 17.6 Å². The van der Waals surface area contributed by atoms with Gasteiger partial charge in [-0.15, -0.1) is 0 Å². The van der Waals surface area contributed by atoms with Crippen LogP contribution in [0.3, 0.4) is 0 Å². The molecule has 0 fully saturated rings. The number of halogens is 3. The fourth-order valence-corrected chi connectivity index (χ4v) is 3.60. The number of anilines is 1. The number of rotatable bonds is 5. The average molecular weight is 492 g/mol. The van der Waals surface area contributed by atoms with Gasteiger partial charge < -0.3 is 9.84 Å². The number of fused-ring (bicyclic) bond motifs is 1. The molecule has 0 radical (unpaired) electrons. The van der Waals surface area contributed by atoms with E-state index in [1.165, 1.54) is 6.08 Å². The Morgan fingerprint density at radius 3 is 2.71 bits per heavy atom. The van der Waals surface area contributed by atoms with Gasteiger partial charge in [0.15, 0.2) is 28.6 Å². The maximum Gasteiger partial charge on any atom is 0.418 e. The Hall–Kier alpha value is -4.12. The molecule has 0 amide bonds. The summed E-state index contributed by atoms with van der Waals surface area (Å²) in [6.07, 6.45) is -1.56. The molecule has 0 spiro atoms. The molecule has 1 aliphatic heterocycles. The number of hydrogen-bond donors (Lipinski definition) is 2. The average Bonchev–Trinajstić information content (AvgIpc) is 3.11. The van der Waals surface area contributed by atoms with Crippen LogP contribution < -0.4 is 4.72 Å². The minimum Gasteiger partial charge on any atom is -0.506 e. The summed E-state index contributed by atoms with van der Waals surface area (Å²) in [7, 11) is -3.77. The molecule has 0 saturated carbocycles. The third-order valence-electron chi connectivity index (χ3n) is 4.32. The first-order chi connectivity index (χ1) is 16.0. The van der Waals surface area contributed by atoms with E-state index in [4.69, 9.17) is 4.74 Å². The van der Waals surface area contributed by atoms with Crippen LogP contribution in [-0.2, 0) is 20.9 Å². The summed E-state index contributed by atoms with van der Waals surface area (Å²) < 4.78 is 73.3. The Bertz CT molecular complexity index is 1550. The highest BCUT2D eigenvalue weighted by Gasteiger charge is 2.37. The number of phenolic OH excluding ortho intramolecular Hbond substituents is 1. The molecule has 4 rings (SSSR count). The van der Waals surface area contributed by atoms with Gasteiger partial charge in [0.1, 0.15) is 11.4 Å². The van der Waals surface area contributed by atoms with Crippen molar-refractivity contribution in [3.63, 3.8) is 0 Å². The SMILES string of the molecule is CCOC1=NC(c2nc3ncc(NS(C)(=O)=O)nc3n2-c2c(O)cccc2C(F)(F)F)=C=C=C1. The largest absolute Gasteiger partial charge is 0.506 e. The van der Waals surface area contributed by atoms with Gasteiger partial charge in [0.2, 0.25) is 15.9 Å². The number of aromatic nitrogens is 4. The maximum atomic E-state index is 13.9. The number of sulfonamides is 1. The van der Waals surface area contributed by atoms with E-state index in [0.29, 0.717) is 0 Å². The monoisotopic (exact) mass is 492 g/mol. The lowest BCUT2D eigenvalue weighted by molar-refractivity contribution is -0.137. The molecule has 3 aromatic rings. The molecular formula is C20H15F3N6O4S. The molecule has 10 nitrogen and oxygen atoms in total. The number of imidazole rings is 1. The maximum absolute atomic E-state index is 13.9. The van der Waals surface area contributed by atoms with Gasteiger partial charge in [-0.05, 0) is 24.8 Å². The van der Waals surface area contributed by atoms with Crippen LogP contribution in [0.25, 0.3) is 22.7 Å². The van der Waals surface area contributed by atoms with E-state index < -0.39 is 33.2 Å². The van der Waals surface area contributed by atoms with Crippen LogP contribution in [0.15, 0.2) is 46.9 Å². The fraction of sp³-hybridized carbons (Fsp3) is 0.200. The van der Waals surface area contributed by atoms with Crippen LogP contribution in [0.2, 0.25) is 0 Å². The minimum absolute atomic E-state index is 0.0697. The van der Waals surface area contributed by atoms with Crippen LogP contribution in [0.5, 0.6) is 5.75 Å². The summed E-state index contributed by atoms with van der Waals surface area (Å²) in [6, 6.07) is 2.87. The summed E-state index contributed by atoms with van der Waals surface area (Å²) in [5, 5.41) is 10.5. The van der Waals surface area contributed by atoms with E-state index in [9.17, 15) is 26.7 Å². The lowest BCUT2D eigenvalue weighted by Crippen LogP contribution is -2.14. The third-order valence-corrected chi connectivity index (χ3v) is 4.90. The summed E-state index contributed by atoms with van der Waals surface area (Å²) >= 11 is 0. The number of benzene rings is 1. The molecule has 0 bridgehead atoms.